The van der Waals surface area contributed by atoms with Crippen LogP contribution < -0.4 is 10.5 Å². The van der Waals surface area contributed by atoms with Crippen molar-refractivity contribution < 1.29 is 4.74 Å². The molecule has 20 heavy (non-hydrogen) atoms. The minimum atomic E-state index is -0.0112. The Morgan fingerprint density at radius 1 is 1.40 bits per heavy atom. The Morgan fingerprint density at radius 3 is 2.70 bits per heavy atom. The lowest BCUT2D eigenvalue weighted by atomic mass is 9.75. The van der Waals surface area contributed by atoms with Gasteiger partial charge in [-0.3, -0.25) is 5.41 Å². The van der Waals surface area contributed by atoms with Crippen molar-refractivity contribution in [2.45, 2.75) is 46.1 Å². The largest absolute Gasteiger partial charge is 0.489 e. The number of ether oxygens (including phenoxy) is 1. The smallest absolute Gasteiger partial charge is 0.141 e. The van der Waals surface area contributed by atoms with Crippen LogP contribution in [0.1, 0.15) is 45.7 Å². The van der Waals surface area contributed by atoms with E-state index in [1.807, 2.05) is 6.07 Å². The molecule has 0 aromatic carbocycles. The first-order chi connectivity index (χ1) is 9.47. The highest BCUT2D eigenvalue weighted by atomic mass is 16.5. The molecule has 1 aliphatic rings. The van der Waals surface area contributed by atoms with Crippen LogP contribution in [0, 0.1) is 23.2 Å². The molecule has 1 heterocycles. The molecule has 0 radical (unpaired) electrons. The van der Waals surface area contributed by atoms with E-state index in [1.165, 1.54) is 12.8 Å². The minimum Gasteiger partial charge on any atom is -0.489 e. The van der Waals surface area contributed by atoms with Crippen LogP contribution in [0.25, 0.3) is 0 Å². The summed E-state index contributed by atoms with van der Waals surface area (Å²) in [6, 6.07) is 3.61. The molecule has 1 aromatic rings. The number of amidine groups is 1. The van der Waals surface area contributed by atoms with Crippen LogP contribution in [-0.2, 0) is 0 Å². The summed E-state index contributed by atoms with van der Waals surface area (Å²) in [6.07, 6.45) is 5.58. The van der Waals surface area contributed by atoms with Gasteiger partial charge in [-0.25, -0.2) is 4.98 Å². The average molecular weight is 275 g/mol. The zero-order valence-corrected chi connectivity index (χ0v) is 12.6. The van der Waals surface area contributed by atoms with E-state index in [9.17, 15) is 0 Å². The number of hydrogen-bond donors (Lipinski definition) is 2. The lowest BCUT2D eigenvalue weighted by Gasteiger charge is -2.37. The van der Waals surface area contributed by atoms with Crippen LogP contribution in [0.2, 0.25) is 0 Å². The highest BCUT2D eigenvalue weighted by Crippen LogP contribution is 2.35. The molecule has 4 nitrogen and oxygen atoms in total. The first-order valence-electron chi connectivity index (χ1n) is 7.44. The number of nitrogens with zero attached hydrogens (tertiary/aromatic N) is 1. The van der Waals surface area contributed by atoms with Gasteiger partial charge in [0.25, 0.3) is 0 Å². The van der Waals surface area contributed by atoms with Crippen molar-refractivity contribution in [2.75, 3.05) is 0 Å². The Labute approximate surface area is 121 Å². The predicted molar refractivity (Wildman–Crippen MR) is 81.0 cm³/mol. The van der Waals surface area contributed by atoms with Crippen LogP contribution in [0.15, 0.2) is 18.3 Å². The summed E-state index contributed by atoms with van der Waals surface area (Å²) in [5, 5.41) is 7.35. The molecule has 0 bridgehead atoms. The van der Waals surface area contributed by atoms with Gasteiger partial charge in [0.1, 0.15) is 23.4 Å². The lowest BCUT2D eigenvalue weighted by Crippen LogP contribution is -2.36. The minimum absolute atomic E-state index is 0.0112. The molecule has 0 saturated heterocycles. The summed E-state index contributed by atoms with van der Waals surface area (Å²) in [7, 11) is 0. The normalized spacial score (nSPS) is 26.5. The van der Waals surface area contributed by atoms with Gasteiger partial charge in [0, 0.05) is 0 Å². The molecule has 0 aliphatic heterocycles. The quantitative estimate of drug-likeness (QED) is 0.654. The summed E-state index contributed by atoms with van der Waals surface area (Å²) >= 11 is 0. The van der Waals surface area contributed by atoms with E-state index >= 15 is 0 Å². The molecule has 110 valence electrons. The fraction of sp³-hybridized carbons (Fsp3) is 0.625. The van der Waals surface area contributed by atoms with Gasteiger partial charge in [-0.1, -0.05) is 27.2 Å². The fourth-order valence-electron chi connectivity index (χ4n) is 3.03. The van der Waals surface area contributed by atoms with Gasteiger partial charge < -0.3 is 10.5 Å². The Bertz CT molecular complexity index is 455. The molecule has 0 spiro atoms. The maximum absolute atomic E-state index is 7.35. The van der Waals surface area contributed by atoms with E-state index in [0.717, 1.165) is 18.1 Å². The zero-order valence-electron chi connectivity index (χ0n) is 12.6. The van der Waals surface area contributed by atoms with Gasteiger partial charge in [-0.15, -0.1) is 0 Å². The van der Waals surface area contributed by atoms with Crippen LogP contribution >= 0.6 is 0 Å². The summed E-state index contributed by atoms with van der Waals surface area (Å²) in [4.78, 5) is 4.16. The van der Waals surface area contributed by atoms with E-state index in [-0.39, 0.29) is 11.9 Å². The zero-order chi connectivity index (χ0) is 14.7. The van der Waals surface area contributed by atoms with Crippen molar-refractivity contribution in [3.63, 3.8) is 0 Å². The second-order valence-corrected chi connectivity index (χ2v) is 6.28. The first kappa shape index (κ1) is 14.8. The topological polar surface area (TPSA) is 72.0 Å². The number of pyridine rings is 1. The summed E-state index contributed by atoms with van der Waals surface area (Å²) in [5.74, 6) is 2.73. The molecule has 0 amide bonds. The van der Waals surface area contributed by atoms with E-state index in [2.05, 4.69) is 25.8 Å². The SMILES string of the molecule is CC1CCC(C(C)C)C(Oc2ccc(C(=N)N)nc2)C1. The van der Waals surface area contributed by atoms with Gasteiger partial charge >= 0.3 is 0 Å². The predicted octanol–water partition coefficient (Wildman–Crippen LogP) is 3.21. The standard InChI is InChI=1S/C16H25N3O/c1-10(2)13-6-4-11(3)8-15(13)20-12-5-7-14(16(17)18)19-9-12/h5,7,9-11,13,15H,4,6,8H2,1-3H3,(H3,17,18). The van der Waals surface area contributed by atoms with Crippen molar-refractivity contribution in [3.05, 3.63) is 24.0 Å². The van der Waals surface area contributed by atoms with Gasteiger partial charge in [0.05, 0.1) is 6.20 Å². The molecule has 1 fully saturated rings. The third-order valence-electron chi connectivity index (χ3n) is 4.26. The molecule has 3 unspecified atom stereocenters. The Morgan fingerprint density at radius 2 is 2.15 bits per heavy atom. The Hall–Kier alpha value is -1.58. The van der Waals surface area contributed by atoms with Gasteiger partial charge in [-0.05, 0) is 42.7 Å². The first-order valence-corrected chi connectivity index (χ1v) is 7.44. The molecule has 3 atom stereocenters. The summed E-state index contributed by atoms with van der Waals surface area (Å²) in [5.41, 5.74) is 5.90. The Kier molecular flexibility index (Phi) is 4.63. The number of nitrogens with one attached hydrogen (secondary N) is 1. The molecular weight excluding hydrogens is 250 g/mol. The lowest BCUT2D eigenvalue weighted by molar-refractivity contribution is 0.0457. The molecular formula is C16H25N3O. The second-order valence-electron chi connectivity index (χ2n) is 6.28. The molecule has 4 heteroatoms. The number of aromatic nitrogens is 1. The molecule has 2 rings (SSSR count). The highest BCUT2D eigenvalue weighted by molar-refractivity contribution is 5.92. The van der Waals surface area contributed by atoms with Gasteiger partial charge in [0.15, 0.2) is 0 Å². The van der Waals surface area contributed by atoms with Gasteiger partial charge in [-0.2, -0.15) is 0 Å². The third kappa shape index (κ3) is 3.50. The third-order valence-corrected chi connectivity index (χ3v) is 4.26. The van der Waals surface area contributed by atoms with E-state index < -0.39 is 0 Å². The number of rotatable bonds is 4. The fourth-order valence-corrected chi connectivity index (χ4v) is 3.03. The van der Waals surface area contributed by atoms with Gasteiger partial charge in [0.2, 0.25) is 0 Å². The van der Waals surface area contributed by atoms with E-state index in [1.54, 1.807) is 12.3 Å². The van der Waals surface area contributed by atoms with Crippen molar-refractivity contribution in [1.82, 2.24) is 4.98 Å². The second kappa shape index (κ2) is 6.25. The van der Waals surface area contributed by atoms with Crippen molar-refractivity contribution in [3.8, 4) is 5.75 Å². The number of hydrogen-bond acceptors (Lipinski definition) is 3. The molecule has 1 aliphatic carbocycles. The maximum Gasteiger partial charge on any atom is 0.141 e. The monoisotopic (exact) mass is 275 g/mol. The average Bonchev–Trinajstić information content (AvgIpc) is 2.39. The number of nitrogen functional groups attached to an aromatic ring is 1. The number of nitrogens with two attached hydrogens (primary N) is 1. The van der Waals surface area contributed by atoms with E-state index in [0.29, 0.717) is 17.5 Å². The summed E-state index contributed by atoms with van der Waals surface area (Å²) < 4.78 is 6.16. The van der Waals surface area contributed by atoms with Crippen LogP contribution in [-0.4, -0.2) is 16.9 Å². The Balaban J connectivity index is 2.07. The molecule has 1 aromatic heterocycles. The van der Waals surface area contributed by atoms with E-state index in [4.69, 9.17) is 15.9 Å². The van der Waals surface area contributed by atoms with Crippen LogP contribution in [0.4, 0.5) is 0 Å². The van der Waals surface area contributed by atoms with Crippen molar-refractivity contribution >= 4 is 5.84 Å². The van der Waals surface area contributed by atoms with Crippen molar-refractivity contribution in [1.29, 1.82) is 5.41 Å². The maximum atomic E-state index is 7.35. The van der Waals surface area contributed by atoms with Crippen LogP contribution in [0.3, 0.4) is 0 Å². The molecule has 3 N–H and O–H groups in total. The summed E-state index contributed by atoms with van der Waals surface area (Å²) in [6.45, 7) is 6.84. The molecule has 1 saturated carbocycles. The van der Waals surface area contributed by atoms with Crippen LogP contribution in [0.5, 0.6) is 5.75 Å². The van der Waals surface area contributed by atoms with Crippen molar-refractivity contribution in [2.24, 2.45) is 23.5 Å². The highest BCUT2D eigenvalue weighted by Gasteiger charge is 2.32.